The van der Waals surface area contributed by atoms with Crippen molar-refractivity contribution in [1.29, 1.82) is 0 Å². The second-order valence-corrected chi connectivity index (χ2v) is 7.04. The third kappa shape index (κ3) is 4.30. The first kappa shape index (κ1) is 17.9. The minimum atomic E-state index is -3.82. The highest BCUT2D eigenvalue weighted by molar-refractivity contribution is 7.89. The Morgan fingerprint density at radius 2 is 1.96 bits per heavy atom. The van der Waals surface area contributed by atoms with Crippen molar-refractivity contribution in [3.8, 4) is 0 Å². The quantitative estimate of drug-likeness (QED) is 0.676. The van der Waals surface area contributed by atoms with Crippen LogP contribution in [0.1, 0.15) is 21.5 Å². The van der Waals surface area contributed by atoms with E-state index in [0.717, 1.165) is 11.9 Å². The van der Waals surface area contributed by atoms with E-state index >= 15 is 0 Å². The van der Waals surface area contributed by atoms with Crippen molar-refractivity contribution in [2.24, 2.45) is 0 Å². The molecule has 0 fully saturated rings. The average Bonchev–Trinajstić information content (AvgIpc) is 2.54. The molecule has 0 aliphatic heterocycles. The van der Waals surface area contributed by atoms with Crippen LogP contribution >= 0.6 is 0 Å². The van der Waals surface area contributed by atoms with Crippen molar-refractivity contribution >= 4 is 21.8 Å². The van der Waals surface area contributed by atoms with Crippen LogP contribution in [0.5, 0.6) is 0 Å². The zero-order valence-electron chi connectivity index (χ0n) is 13.4. The lowest BCUT2D eigenvalue weighted by atomic mass is 10.1. The summed E-state index contributed by atoms with van der Waals surface area (Å²) in [6.45, 7) is 3.82. The van der Waals surface area contributed by atoms with Gasteiger partial charge in [-0.05, 0) is 48.7 Å². The first-order valence-electron chi connectivity index (χ1n) is 7.34. The minimum Gasteiger partial charge on any atom is -0.545 e. The van der Waals surface area contributed by atoms with E-state index in [4.69, 9.17) is 0 Å². The molecule has 1 heterocycles. The molecule has 0 aliphatic rings. The van der Waals surface area contributed by atoms with E-state index < -0.39 is 16.0 Å². The number of H-pyrrole nitrogens is 1. The predicted molar refractivity (Wildman–Crippen MR) is 86.9 cm³/mol. The van der Waals surface area contributed by atoms with Gasteiger partial charge in [0.25, 0.3) is 5.82 Å². The molecule has 0 unspecified atom stereocenters. The number of sulfonamides is 1. The zero-order chi connectivity index (χ0) is 17.7. The first-order valence-corrected chi connectivity index (χ1v) is 8.82. The summed E-state index contributed by atoms with van der Waals surface area (Å²) in [5.41, 5.74) is 0.932. The Morgan fingerprint density at radius 1 is 1.21 bits per heavy atom. The van der Waals surface area contributed by atoms with Crippen molar-refractivity contribution < 1.29 is 23.3 Å². The molecule has 1 aromatic carbocycles. The van der Waals surface area contributed by atoms with Crippen LogP contribution in [0.4, 0.5) is 5.82 Å². The van der Waals surface area contributed by atoms with Crippen molar-refractivity contribution in [3.05, 3.63) is 53.2 Å². The average molecular weight is 349 g/mol. The molecule has 2 rings (SSSR count). The first-order chi connectivity index (χ1) is 11.3. The number of benzene rings is 1. The number of aromatic carboxylic acids is 1. The van der Waals surface area contributed by atoms with Gasteiger partial charge in [-0.3, -0.25) is 5.32 Å². The number of rotatable bonds is 7. The summed E-state index contributed by atoms with van der Waals surface area (Å²) in [6.07, 6.45) is 1.75. The number of nitrogens with one attached hydrogen (secondary N) is 3. The second-order valence-electron chi connectivity index (χ2n) is 5.30. The number of carboxylic acids is 1. The standard InChI is InChI=1S/C16H19N3O4S/c1-11-9-13(16(20)21)10-14(12(11)2)24(22,23)19-8-7-18-15-5-3-4-6-17-15/h3-6,9-10,19H,7-8H2,1-2H3,(H,17,18)(H,20,21). The predicted octanol–water partition coefficient (Wildman–Crippen LogP) is -0.129. The highest BCUT2D eigenvalue weighted by Gasteiger charge is 2.19. The number of aryl methyl sites for hydroxylation is 1. The van der Waals surface area contributed by atoms with Gasteiger partial charge in [0.2, 0.25) is 10.0 Å². The molecule has 2 aromatic rings. The smallest absolute Gasteiger partial charge is 0.272 e. The van der Waals surface area contributed by atoms with Crippen LogP contribution in [0.2, 0.25) is 0 Å². The number of carbonyl (C=O) groups excluding carboxylic acids is 1. The van der Waals surface area contributed by atoms with Crippen LogP contribution in [0, 0.1) is 13.8 Å². The number of carboxylic acid groups (broad SMARTS) is 1. The number of hydrogen-bond donors (Lipinski definition) is 2. The van der Waals surface area contributed by atoms with E-state index in [2.05, 4.69) is 15.0 Å². The molecule has 0 spiro atoms. The number of carbonyl (C=O) groups is 1. The lowest BCUT2D eigenvalue weighted by Crippen LogP contribution is -2.31. The fourth-order valence-electron chi connectivity index (χ4n) is 2.19. The van der Waals surface area contributed by atoms with E-state index in [9.17, 15) is 18.3 Å². The number of aromatic amines is 1. The fraction of sp³-hybridized carbons (Fsp3) is 0.250. The largest absolute Gasteiger partial charge is 0.545 e. The summed E-state index contributed by atoms with van der Waals surface area (Å²) >= 11 is 0. The van der Waals surface area contributed by atoms with Gasteiger partial charge in [0.15, 0.2) is 0 Å². The van der Waals surface area contributed by atoms with Crippen LogP contribution in [-0.4, -0.2) is 27.5 Å². The van der Waals surface area contributed by atoms with Gasteiger partial charge in [-0.25, -0.2) is 18.1 Å². The van der Waals surface area contributed by atoms with Gasteiger partial charge < -0.3 is 9.90 Å². The molecule has 0 atom stereocenters. The van der Waals surface area contributed by atoms with Crippen molar-refractivity contribution in [1.82, 2.24) is 4.72 Å². The minimum absolute atomic E-state index is 0.0482. The SMILES string of the molecule is Cc1cc(C(=O)[O-])cc(S(=O)(=O)NCCNc2cccc[nH+]2)c1C. The van der Waals surface area contributed by atoms with Crippen molar-refractivity contribution in [2.75, 3.05) is 18.4 Å². The number of hydrogen-bond acceptors (Lipinski definition) is 5. The zero-order valence-corrected chi connectivity index (χ0v) is 14.2. The van der Waals surface area contributed by atoms with Crippen molar-refractivity contribution in [3.63, 3.8) is 0 Å². The van der Waals surface area contributed by atoms with Crippen molar-refractivity contribution in [2.45, 2.75) is 18.7 Å². The Balaban J connectivity index is 2.08. The summed E-state index contributed by atoms with van der Waals surface area (Å²) in [4.78, 5) is 13.9. The molecule has 128 valence electrons. The summed E-state index contributed by atoms with van der Waals surface area (Å²) in [5, 5.41) is 14.1. The molecular formula is C16H19N3O4S. The molecule has 24 heavy (non-hydrogen) atoms. The molecule has 0 aliphatic carbocycles. The van der Waals surface area contributed by atoms with Crippen LogP contribution < -0.4 is 20.1 Å². The van der Waals surface area contributed by atoms with E-state index in [-0.39, 0.29) is 17.0 Å². The monoisotopic (exact) mass is 349 g/mol. The van der Waals surface area contributed by atoms with E-state index in [1.807, 2.05) is 18.2 Å². The number of pyridine rings is 1. The second kappa shape index (κ2) is 7.41. The van der Waals surface area contributed by atoms with Gasteiger partial charge in [0, 0.05) is 12.6 Å². The maximum atomic E-state index is 12.4. The van der Waals surface area contributed by atoms with Crippen LogP contribution in [-0.2, 0) is 10.0 Å². The highest BCUT2D eigenvalue weighted by atomic mass is 32.2. The van der Waals surface area contributed by atoms with E-state index in [1.54, 1.807) is 20.0 Å². The Bertz CT molecular complexity index is 836. The summed E-state index contributed by atoms with van der Waals surface area (Å²) in [6, 6.07) is 8.03. The lowest BCUT2D eigenvalue weighted by molar-refractivity contribution is -0.361. The Labute approximate surface area is 140 Å². The molecule has 1 aromatic heterocycles. The molecule has 7 nitrogen and oxygen atoms in total. The van der Waals surface area contributed by atoms with Gasteiger partial charge in [-0.15, -0.1) is 0 Å². The molecule has 0 saturated heterocycles. The Hall–Kier alpha value is -2.45. The maximum absolute atomic E-state index is 12.4. The van der Waals surface area contributed by atoms with Crippen LogP contribution in [0.25, 0.3) is 0 Å². The fourth-order valence-corrected chi connectivity index (χ4v) is 3.56. The number of aromatic nitrogens is 1. The molecule has 0 bridgehead atoms. The third-order valence-corrected chi connectivity index (χ3v) is 5.17. The van der Waals surface area contributed by atoms with Gasteiger partial charge in [0.1, 0.15) is 0 Å². The van der Waals surface area contributed by atoms with E-state index in [0.29, 0.717) is 17.7 Å². The van der Waals surface area contributed by atoms with E-state index in [1.165, 1.54) is 6.07 Å². The summed E-state index contributed by atoms with van der Waals surface area (Å²) in [5.74, 6) is -0.640. The lowest BCUT2D eigenvalue weighted by Gasteiger charge is -2.13. The molecule has 8 heteroatoms. The maximum Gasteiger partial charge on any atom is 0.272 e. The van der Waals surface area contributed by atoms with Gasteiger partial charge in [0.05, 0.1) is 23.6 Å². The molecule has 0 saturated carbocycles. The third-order valence-electron chi connectivity index (χ3n) is 3.59. The molecular weight excluding hydrogens is 330 g/mol. The van der Waals surface area contributed by atoms with Crippen LogP contribution in [0.3, 0.4) is 0 Å². The van der Waals surface area contributed by atoms with Gasteiger partial charge in [-0.1, -0.05) is 6.07 Å². The van der Waals surface area contributed by atoms with Gasteiger partial charge in [-0.2, -0.15) is 0 Å². The molecule has 0 amide bonds. The molecule has 3 N–H and O–H groups in total. The summed E-state index contributed by atoms with van der Waals surface area (Å²) in [7, 11) is -3.82. The normalized spacial score (nSPS) is 11.2. The van der Waals surface area contributed by atoms with Gasteiger partial charge >= 0.3 is 0 Å². The Kier molecular flexibility index (Phi) is 5.53. The summed E-state index contributed by atoms with van der Waals surface area (Å²) < 4.78 is 27.3. The molecule has 0 radical (unpaired) electrons. The highest BCUT2D eigenvalue weighted by Crippen LogP contribution is 2.20. The number of anilines is 1. The van der Waals surface area contributed by atoms with Crippen LogP contribution in [0.15, 0.2) is 41.4 Å². The Morgan fingerprint density at radius 3 is 2.58 bits per heavy atom. The topological polar surface area (TPSA) is 112 Å².